The fourth-order valence-electron chi connectivity index (χ4n) is 3.68. The maximum absolute atomic E-state index is 13.0. The number of nitrogens with zero attached hydrogens (tertiary/aromatic N) is 1. The molecule has 2 aromatic carbocycles. The van der Waals surface area contributed by atoms with Gasteiger partial charge in [-0.05, 0) is 47.7 Å². The third kappa shape index (κ3) is 3.90. The number of carbonyl (C=O) groups is 1. The van der Waals surface area contributed by atoms with E-state index in [2.05, 4.69) is 30.9 Å². The van der Waals surface area contributed by atoms with Crippen LogP contribution in [-0.4, -0.2) is 16.8 Å². The third-order valence-corrected chi connectivity index (χ3v) is 5.39. The summed E-state index contributed by atoms with van der Waals surface area (Å²) in [6.45, 7) is 5.15. The minimum absolute atomic E-state index is 0.183. The first-order chi connectivity index (χ1) is 12.1. The van der Waals surface area contributed by atoms with Gasteiger partial charge in [-0.1, -0.05) is 69.0 Å². The molecule has 0 aromatic heterocycles. The number of hydrogen-bond acceptors (Lipinski definition) is 1. The molecule has 0 aliphatic carbocycles. The molecule has 1 atom stereocenters. The monoisotopic (exact) mass is 355 g/mol. The van der Waals surface area contributed by atoms with Gasteiger partial charge in [-0.25, -0.2) is 0 Å². The first kappa shape index (κ1) is 18.0. The van der Waals surface area contributed by atoms with Crippen LogP contribution >= 0.6 is 11.6 Å². The second-order valence-electron chi connectivity index (χ2n) is 6.87. The fourth-order valence-corrected chi connectivity index (χ4v) is 3.87. The van der Waals surface area contributed by atoms with E-state index >= 15 is 0 Å². The number of rotatable bonds is 7. The van der Waals surface area contributed by atoms with Gasteiger partial charge in [0, 0.05) is 23.2 Å². The number of unbranched alkanes of at least 4 members (excludes halogenated alkanes) is 2. The Hall–Kier alpha value is -1.80. The standard InChI is InChI=1S/C22H26ClNO/c1-3-5-6-10-20(4-2)24-15-18-12-11-17(14-21(18)22(24)25)16-8-7-9-19(23)13-16/h7-9,11-14,20H,3-6,10,15H2,1-2H3. The Labute approximate surface area is 155 Å². The molecule has 1 heterocycles. The van der Waals surface area contributed by atoms with Crippen molar-refractivity contribution in [3.8, 4) is 11.1 Å². The molecule has 3 rings (SSSR count). The van der Waals surface area contributed by atoms with Crippen molar-refractivity contribution in [1.82, 2.24) is 4.90 Å². The van der Waals surface area contributed by atoms with E-state index < -0.39 is 0 Å². The van der Waals surface area contributed by atoms with Gasteiger partial charge in [0.15, 0.2) is 0 Å². The highest BCUT2D eigenvalue weighted by atomic mass is 35.5. The molecule has 2 aromatic rings. The number of amides is 1. The molecular weight excluding hydrogens is 330 g/mol. The molecule has 0 spiro atoms. The Kier molecular flexibility index (Phi) is 5.80. The van der Waals surface area contributed by atoms with Crippen molar-refractivity contribution >= 4 is 17.5 Å². The fraction of sp³-hybridized carbons (Fsp3) is 0.409. The summed E-state index contributed by atoms with van der Waals surface area (Å²) in [6, 6.07) is 14.4. The Morgan fingerprint density at radius 3 is 2.60 bits per heavy atom. The van der Waals surface area contributed by atoms with Gasteiger partial charge in [0.2, 0.25) is 0 Å². The Morgan fingerprint density at radius 2 is 1.88 bits per heavy atom. The highest BCUT2D eigenvalue weighted by molar-refractivity contribution is 6.30. The highest BCUT2D eigenvalue weighted by Crippen LogP contribution is 2.32. The van der Waals surface area contributed by atoms with Crippen molar-refractivity contribution in [3.63, 3.8) is 0 Å². The van der Waals surface area contributed by atoms with Crippen molar-refractivity contribution in [1.29, 1.82) is 0 Å². The van der Waals surface area contributed by atoms with Crippen LogP contribution in [0.15, 0.2) is 42.5 Å². The zero-order valence-corrected chi connectivity index (χ0v) is 15.9. The molecule has 0 saturated heterocycles. The number of fused-ring (bicyclic) bond motifs is 1. The minimum Gasteiger partial charge on any atom is -0.331 e. The van der Waals surface area contributed by atoms with Crippen LogP contribution in [0.3, 0.4) is 0 Å². The van der Waals surface area contributed by atoms with Gasteiger partial charge >= 0.3 is 0 Å². The molecule has 3 heteroatoms. The molecule has 0 fully saturated rings. The average Bonchev–Trinajstić information content (AvgIpc) is 2.95. The van der Waals surface area contributed by atoms with Crippen LogP contribution in [-0.2, 0) is 6.54 Å². The maximum atomic E-state index is 13.0. The van der Waals surface area contributed by atoms with E-state index in [4.69, 9.17) is 11.6 Å². The predicted molar refractivity (Wildman–Crippen MR) is 105 cm³/mol. The molecular formula is C22H26ClNO. The SMILES string of the molecule is CCCCCC(CC)N1Cc2ccc(-c3cccc(Cl)c3)cc2C1=O. The van der Waals surface area contributed by atoms with E-state index in [1.54, 1.807) is 0 Å². The molecule has 1 aliphatic heterocycles. The maximum Gasteiger partial charge on any atom is 0.254 e. The summed E-state index contributed by atoms with van der Waals surface area (Å²) in [5.41, 5.74) is 4.10. The van der Waals surface area contributed by atoms with E-state index in [0.29, 0.717) is 11.1 Å². The zero-order chi connectivity index (χ0) is 17.8. The topological polar surface area (TPSA) is 20.3 Å². The van der Waals surface area contributed by atoms with E-state index in [0.717, 1.165) is 41.6 Å². The number of carbonyl (C=O) groups excluding carboxylic acids is 1. The van der Waals surface area contributed by atoms with Crippen molar-refractivity contribution in [3.05, 3.63) is 58.6 Å². The molecule has 1 aliphatic rings. The van der Waals surface area contributed by atoms with Crippen LogP contribution in [0.25, 0.3) is 11.1 Å². The zero-order valence-electron chi connectivity index (χ0n) is 15.1. The second-order valence-corrected chi connectivity index (χ2v) is 7.31. The summed E-state index contributed by atoms with van der Waals surface area (Å²) in [7, 11) is 0. The smallest absolute Gasteiger partial charge is 0.254 e. The van der Waals surface area contributed by atoms with E-state index in [9.17, 15) is 4.79 Å². The molecule has 132 valence electrons. The molecule has 25 heavy (non-hydrogen) atoms. The predicted octanol–water partition coefficient (Wildman–Crippen LogP) is 6.32. The Balaban J connectivity index is 1.82. The summed E-state index contributed by atoms with van der Waals surface area (Å²) in [5, 5.41) is 0.716. The van der Waals surface area contributed by atoms with Gasteiger partial charge in [-0.15, -0.1) is 0 Å². The summed E-state index contributed by atoms with van der Waals surface area (Å²) in [5.74, 6) is 0.183. The Bertz CT molecular complexity index is 755. The molecule has 0 N–H and O–H groups in total. The van der Waals surface area contributed by atoms with Crippen LogP contribution in [0.1, 0.15) is 61.9 Å². The van der Waals surface area contributed by atoms with Gasteiger partial charge in [0.05, 0.1) is 0 Å². The van der Waals surface area contributed by atoms with Crippen LogP contribution in [0.2, 0.25) is 5.02 Å². The second kappa shape index (κ2) is 8.05. The summed E-state index contributed by atoms with van der Waals surface area (Å²) in [4.78, 5) is 15.1. The first-order valence-corrected chi connectivity index (χ1v) is 9.71. The van der Waals surface area contributed by atoms with Crippen molar-refractivity contribution < 1.29 is 4.79 Å². The lowest BCUT2D eigenvalue weighted by molar-refractivity contribution is 0.0685. The van der Waals surface area contributed by atoms with Gasteiger partial charge in [-0.2, -0.15) is 0 Å². The van der Waals surface area contributed by atoms with Gasteiger partial charge in [0.25, 0.3) is 5.91 Å². The van der Waals surface area contributed by atoms with Crippen LogP contribution in [0, 0.1) is 0 Å². The van der Waals surface area contributed by atoms with Crippen molar-refractivity contribution in [2.45, 2.75) is 58.5 Å². The molecule has 0 saturated carbocycles. The average molecular weight is 356 g/mol. The minimum atomic E-state index is 0.183. The molecule has 0 radical (unpaired) electrons. The van der Waals surface area contributed by atoms with Gasteiger partial charge < -0.3 is 4.90 Å². The highest BCUT2D eigenvalue weighted by Gasteiger charge is 2.31. The first-order valence-electron chi connectivity index (χ1n) is 9.33. The lowest BCUT2D eigenvalue weighted by Crippen LogP contribution is -2.35. The van der Waals surface area contributed by atoms with Crippen LogP contribution in [0.5, 0.6) is 0 Å². The Morgan fingerprint density at radius 1 is 1.08 bits per heavy atom. The van der Waals surface area contributed by atoms with Crippen molar-refractivity contribution in [2.75, 3.05) is 0 Å². The van der Waals surface area contributed by atoms with Crippen LogP contribution in [0.4, 0.5) is 0 Å². The summed E-state index contributed by atoms with van der Waals surface area (Å²) < 4.78 is 0. The van der Waals surface area contributed by atoms with Crippen molar-refractivity contribution in [2.24, 2.45) is 0 Å². The van der Waals surface area contributed by atoms with Gasteiger partial charge in [-0.3, -0.25) is 4.79 Å². The van der Waals surface area contributed by atoms with E-state index in [1.165, 1.54) is 19.3 Å². The quantitative estimate of drug-likeness (QED) is 0.532. The molecule has 0 bridgehead atoms. The molecule has 2 nitrogen and oxygen atoms in total. The molecule has 1 amide bonds. The van der Waals surface area contributed by atoms with E-state index in [-0.39, 0.29) is 5.91 Å². The van der Waals surface area contributed by atoms with Crippen LogP contribution < -0.4 is 0 Å². The molecule has 1 unspecified atom stereocenters. The summed E-state index contributed by atoms with van der Waals surface area (Å²) >= 11 is 6.11. The number of halogens is 1. The lowest BCUT2D eigenvalue weighted by Gasteiger charge is -2.26. The van der Waals surface area contributed by atoms with E-state index in [1.807, 2.05) is 30.3 Å². The van der Waals surface area contributed by atoms with Gasteiger partial charge in [0.1, 0.15) is 0 Å². The number of benzene rings is 2. The largest absolute Gasteiger partial charge is 0.331 e. The number of hydrogen-bond donors (Lipinski definition) is 0. The lowest BCUT2D eigenvalue weighted by atomic mass is 10.0. The third-order valence-electron chi connectivity index (χ3n) is 5.15. The summed E-state index contributed by atoms with van der Waals surface area (Å²) in [6.07, 6.45) is 5.77. The normalized spacial score (nSPS) is 14.7.